The molecule has 1 fully saturated rings. The molecule has 4 aromatic rings. The summed E-state index contributed by atoms with van der Waals surface area (Å²) in [5.74, 6) is -0.0670. The molecule has 6 heterocycles. The van der Waals surface area contributed by atoms with Crippen LogP contribution in [0, 0.1) is 0 Å². The number of rotatable bonds is 1. The van der Waals surface area contributed by atoms with Crippen molar-refractivity contribution in [1.29, 1.82) is 0 Å². The zero-order valence-electron chi connectivity index (χ0n) is 20.1. The number of nitrogen functional groups attached to an aromatic ring is 1. The van der Waals surface area contributed by atoms with E-state index in [1.165, 1.54) is 21.7 Å². The van der Waals surface area contributed by atoms with Crippen molar-refractivity contribution in [1.82, 2.24) is 39.0 Å². The van der Waals surface area contributed by atoms with Gasteiger partial charge in [0.05, 0.1) is 25.7 Å². The molecule has 19 nitrogen and oxygen atoms in total. The van der Waals surface area contributed by atoms with Crippen molar-refractivity contribution < 1.29 is 42.3 Å². The van der Waals surface area contributed by atoms with Gasteiger partial charge in [0.2, 0.25) is 5.95 Å². The first-order valence-electron chi connectivity index (χ1n) is 11.5. The van der Waals surface area contributed by atoms with Gasteiger partial charge in [-0.2, -0.15) is 4.98 Å². The van der Waals surface area contributed by atoms with Gasteiger partial charge >= 0.3 is 14.5 Å². The normalized spacial score (nSPS) is 32.1. The van der Waals surface area contributed by atoms with Crippen LogP contribution in [-0.2, 0) is 52.4 Å². The number of aromatic amines is 1. The number of phosphoric acid groups is 1. The lowest BCUT2D eigenvalue weighted by Crippen LogP contribution is -2.35. The van der Waals surface area contributed by atoms with E-state index in [0.29, 0.717) is 11.2 Å². The number of hydrogen-bond acceptors (Lipinski definition) is 15. The van der Waals surface area contributed by atoms with Crippen LogP contribution in [0.5, 0.6) is 0 Å². The van der Waals surface area contributed by atoms with Crippen LogP contribution in [0.4, 0.5) is 5.95 Å². The fourth-order valence-corrected chi connectivity index (χ4v) is 6.37. The van der Waals surface area contributed by atoms with Crippen LogP contribution >= 0.6 is 14.5 Å². The Bertz CT molecular complexity index is 1750. The standard InChI is InChI=1S/C18H21N9O10P2S/c19-18-24-15-11(16(29)25-18)22-7-27(15)17-13-12(28)9(36-17)4-35-39(32,40)33-2-1-26-10(5-34-38(30,31)37-13)23-8-3-20-6-21-14(8)26/h3,6-7,9,12-13,17,28H,1-2,4-5H2,(H,30,31)(H,32,40)(H3,19,24,25,29)/t9-,12-,13-,17-,39?/m1/s1. The summed E-state index contributed by atoms with van der Waals surface area (Å²) >= 11 is 5.09. The average Bonchev–Trinajstić information content (AvgIpc) is 3.55. The van der Waals surface area contributed by atoms with Gasteiger partial charge in [-0.25, -0.2) is 24.5 Å². The molecule has 6 N–H and O–H groups in total. The second-order valence-corrected chi connectivity index (χ2v) is 12.9. The summed E-state index contributed by atoms with van der Waals surface area (Å²) in [5.41, 5.74) is 5.60. The summed E-state index contributed by atoms with van der Waals surface area (Å²) in [6.45, 7) is -4.92. The van der Waals surface area contributed by atoms with E-state index in [2.05, 4.69) is 29.9 Å². The van der Waals surface area contributed by atoms with Crippen molar-refractivity contribution in [2.45, 2.75) is 37.7 Å². The van der Waals surface area contributed by atoms with Crippen LogP contribution in [0.25, 0.3) is 22.3 Å². The molecule has 0 radical (unpaired) electrons. The quantitative estimate of drug-likeness (QED) is 0.162. The Hall–Kier alpha value is -2.74. The molecule has 2 aliphatic rings. The van der Waals surface area contributed by atoms with Crippen LogP contribution in [0.1, 0.15) is 12.1 Å². The number of hydrogen-bond donors (Lipinski definition) is 5. The third-order valence-electron chi connectivity index (χ3n) is 6.11. The molecule has 2 bridgehead atoms. The number of phosphoric ester groups is 1. The number of ether oxygens (including phenoxy) is 1. The number of fused-ring (bicyclic) bond motifs is 6. The molecule has 40 heavy (non-hydrogen) atoms. The maximum Gasteiger partial charge on any atom is 0.473 e. The number of aliphatic hydroxyl groups is 1. The number of aromatic nitrogens is 8. The molecule has 0 aliphatic carbocycles. The van der Waals surface area contributed by atoms with Crippen molar-refractivity contribution in [2.75, 3.05) is 18.9 Å². The molecule has 0 aromatic carbocycles. The van der Waals surface area contributed by atoms with Crippen LogP contribution in [-0.4, -0.2) is 85.5 Å². The summed E-state index contributed by atoms with van der Waals surface area (Å²) in [5, 5.41) is 11.0. The van der Waals surface area contributed by atoms with E-state index in [4.69, 9.17) is 40.4 Å². The first-order valence-corrected chi connectivity index (χ1v) is 15.6. The Labute approximate surface area is 227 Å². The fraction of sp³-hybridized carbons (Fsp3) is 0.444. The summed E-state index contributed by atoms with van der Waals surface area (Å²) in [6, 6.07) is 0. The lowest BCUT2D eigenvalue weighted by atomic mass is 10.1. The minimum Gasteiger partial charge on any atom is -0.387 e. The predicted octanol–water partition coefficient (Wildman–Crippen LogP) is -0.934. The number of imidazole rings is 2. The maximum absolute atomic E-state index is 13.1. The molecule has 0 spiro atoms. The lowest BCUT2D eigenvalue weighted by Gasteiger charge is -2.24. The van der Waals surface area contributed by atoms with Crippen LogP contribution < -0.4 is 11.3 Å². The number of nitrogens with one attached hydrogen (secondary N) is 1. The van der Waals surface area contributed by atoms with Gasteiger partial charge in [-0.15, -0.1) is 0 Å². The van der Waals surface area contributed by atoms with E-state index in [1.807, 2.05) is 0 Å². The van der Waals surface area contributed by atoms with Gasteiger partial charge in [-0.1, -0.05) is 0 Å². The molecule has 4 aromatic heterocycles. The van der Waals surface area contributed by atoms with Gasteiger partial charge in [0.25, 0.3) is 5.56 Å². The number of aliphatic hydroxyl groups excluding tert-OH is 1. The Balaban J connectivity index is 1.38. The predicted molar refractivity (Wildman–Crippen MR) is 136 cm³/mol. The van der Waals surface area contributed by atoms with E-state index in [0.717, 1.165) is 6.33 Å². The number of H-pyrrole nitrogens is 1. The molecule has 22 heteroatoms. The van der Waals surface area contributed by atoms with E-state index >= 15 is 0 Å². The molecule has 1 saturated heterocycles. The number of nitrogens with two attached hydrogens (primary N) is 1. The highest BCUT2D eigenvalue weighted by molar-refractivity contribution is 8.07. The van der Waals surface area contributed by atoms with Crippen LogP contribution in [0.3, 0.4) is 0 Å². The molecule has 2 unspecified atom stereocenters. The molecule has 6 rings (SSSR count). The van der Waals surface area contributed by atoms with Crippen LogP contribution in [0.15, 0.2) is 23.6 Å². The Morgan fingerprint density at radius 3 is 2.83 bits per heavy atom. The van der Waals surface area contributed by atoms with Crippen molar-refractivity contribution in [3.05, 3.63) is 35.0 Å². The molecule has 0 saturated carbocycles. The van der Waals surface area contributed by atoms with Crippen molar-refractivity contribution >= 4 is 54.6 Å². The lowest BCUT2D eigenvalue weighted by molar-refractivity contribution is -0.0500. The zero-order chi connectivity index (χ0) is 28.2. The largest absolute Gasteiger partial charge is 0.473 e. The Morgan fingerprint density at radius 2 is 2.00 bits per heavy atom. The Kier molecular flexibility index (Phi) is 7.04. The number of anilines is 1. The van der Waals surface area contributed by atoms with Gasteiger partial charge in [0.1, 0.15) is 42.6 Å². The topological polar surface area (TPSA) is 257 Å². The summed E-state index contributed by atoms with van der Waals surface area (Å²) < 4.78 is 43.1. The second kappa shape index (κ2) is 10.3. The smallest absolute Gasteiger partial charge is 0.387 e. The second-order valence-electron chi connectivity index (χ2n) is 8.65. The Morgan fingerprint density at radius 1 is 1.18 bits per heavy atom. The van der Waals surface area contributed by atoms with Gasteiger partial charge in [-0.3, -0.25) is 23.4 Å². The highest BCUT2D eigenvalue weighted by atomic mass is 32.5. The molecule has 214 valence electrons. The number of nitrogens with zero attached hydrogens (tertiary/aromatic N) is 7. The minimum atomic E-state index is -4.91. The first kappa shape index (κ1) is 27.4. The summed E-state index contributed by atoms with van der Waals surface area (Å²) in [7, 11) is -4.91. The highest BCUT2D eigenvalue weighted by Gasteiger charge is 2.50. The molecule has 0 amide bonds. The van der Waals surface area contributed by atoms with Crippen molar-refractivity contribution in [2.24, 2.45) is 0 Å². The monoisotopic (exact) mass is 617 g/mol. The van der Waals surface area contributed by atoms with E-state index in [1.54, 1.807) is 0 Å². The molecule has 2 aliphatic heterocycles. The van der Waals surface area contributed by atoms with E-state index in [9.17, 15) is 24.3 Å². The zero-order valence-corrected chi connectivity index (χ0v) is 22.7. The highest BCUT2D eigenvalue weighted by Crippen LogP contribution is 2.51. The van der Waals surface area contributed by atoms with Gasteiger partial charge in [0, 0.05) is 6.54 Å². The van der Waals surface area contributed by atoms with E-state index < -0.39 is 57.9 Å². The average molecular weight is 617 g/mol. The van der Waals surface area contributed by atoms with E-state index in [-0.39, 0.29) is 36.1 Å². The summed E-state index contributed by atoms with van der Waals surface area (Å²) in [6.07, 6.45) is -1.94. The van der Waals surface area contributed by atoms with Gasteiger partial charge in [0.15, 0.2) is 23.0 Å². The molecular weight excluding hydrogens is 596 g/mol. The molecule has 6 atom stereocenters. The maximum atomic E-state index is 13.1. The van der Waals surface area contributed by atoms with Crippen molar-refractivity contribution in [3.8, 4) is 0 Å². The first-order chi connectivity index (χ1) is 19.0. The third-order valence-corrected chi connectivity index (χ3v) is 8.69. The summed E-state index contributed by atoms with van der Waals surface area (Å²) in [4.78, 5) is 56.2. The van der Waals surface area contributed by atoms with Gasteiger partial charge in [-0.05, 0) is 11.8 Å². The van der Waals surface area contributed by atoms with Gasteiger partial charge < -0.3 is 39.0 Å². The van der Waals surface area contributed by atoms with Crippen molar-refractivity contribution in [3.63, 3.8) is 0 Å². The SMILES string of the molecule is Nc1nc2c(ncn2[C@@H]2O[C@@H]3COP(O)(=S)OCCn4c(nc5cncnc54)COP(=O)(O)O[C@@H]2[C@@H]3O)c(=O)[nH]1. The third kappa shape index (κ3) is 5.19. The molecular formula is C18H21N9O10P2S. The fourth-order valence-electron chi connectivity index (χ4n) is 4.37. The minimum absolute atomic E-state index is 0.0536. The van der Waals surface area contributed by atoms with Crippen LogP contribution in [0.2, 0.25) is 0 Å².